The minimum absolute atomic E-state index is 0.0823. The highest BCUT2D eigenvalue weighted by molar-refractivity contribution is 5.76. The SMILES string of the molecule is CCCc1ccc(C(F)(F)Oc2ccc3c(c2F)C(F)C(F)c2c-3ccc(OCC)c2F)cc1. The van der Waals surface area contributed by atoms with E-state index in [1.165, 1.54) is 36.4 Å². The summed E-state index contributed by atoms with van der Waals surface area (Å²) >= 11 is 0. The van der Waals surface area contributed by atoms with Crippen molar-refractivity contribution in [2.75, 3.05) is 6.61 Å². The van der Waals surface area contributed by atoms with Gasteiger partial charge in [0.25, 0.3) is 0 Å². The Morgan fingerprint density at radius 3 is 1.82 bits per heavy atom. The van der Waals surface area contributed by atoms with Crippen LogP contribution in [0.15, 0.2) is 48.5 Å². The van der Waals surface area contributed by atoms with Gasteiger partial charge in [0.05, 0.1) is 12.2 Å². The van der Waals surface area contributed by atoms with Crippen molar-refractivity contribution in [2.24, 2.45) is 0 Å². The molecule has 3 aromatic rings. The molecule has 1 aliphatic rings. The maximum Gasteiger partial charge on any atom is 0.426 e. The van der Waals surface area contributed by atoms with E-state index in [-0.39, 0.29) is 23.5 Å². The minimum atomic E-state index is -3.92. The molecule has 3 aromatic carbocycles. The summed E-state index contributed by atoms with van der Waals surface area (Å²) in [5, 5.41) is 0. The highest BCUT2D eigenvalue weighted by Gasteiger charge is 2.42. The number of hydrogen-bond donors (Lipinski definition) is 0. The van der Waals surface area contributed by atoms with Crippen LogP contribution in [0.5, 0.6) is 11.5 Å². The van der Waals surface area contributed by atoms with Crippen molar-refractivity contribution >= 4 is 0 Å². The number of fused-ring (bicyclic) bond motifs is 3. The van der Waals surface area contributed by atoms with Gasteiger partial charge in [-0.2, -0.15) is 8.78 Å². The summed E-state index contributed by atoms with van der Waals surface area (Å²) in [6.07, 6.45) is -7.56. The van der Waals surface area contributed by atoms with E-state index in [0.29, 0.717) is 6.42 Å². The molecular weight excluding hydrogens is 458 g/mol. The molecule has 0 amide bonds. The van der Waals surface area contributed by atoms with Gasteiger partial charge in [0.1, 0.15) is 0 Å². The summed E-state index contributed by atoms with van der Waals surface area (Å²) < 4.78 is 99.1. The zero-order valence-electron chi connectivity index (χ0n) is 18.5. The van der Waals surface area contributed by atoms with Crippen molar-refractivity contribution in [2.45, 2.75) is 45.1 Å². The van der Waals surface area contributed by atoms with Crippen molar-refractivity contribution in [3.63, 3.8) is 0 Å². The molecule has 2 unspecified atom stereocenters. The molecule has 0 aliphatic heterocycles. The maximum absolute atomic E-state index is 15.2. The molecule has 0 N–H and O–H groups in total. The van der Waals surface area contributed by atoms with Gasteiger partial charge in [-0.1, -0.05) is 37.6 Å². The molecule has 0 saturated carbocycles. The zero-order valence-corrected chi connectivity index (χ0v) is 18.5. The summed E-state index contributed by atoms with van der Waals surface area (Å²) in [5.41, 5.74) is -1.28. The van der Waals surface area contributed by atoms with Gasteiger partial charge in [-0.05, 0) is 54.3 Å². The Bertz CT molecular complexity index is 1190. The Hall–Kier alpha value is -3.16. The van der Waals surface area contributed by atoms with E-state index in [0.717, 1.165) is 24.1 Å². The van der Waals surface area contributed by atoms with Crippen molar-refractivity contribution in [1.29, 1.82) is 0 Å². The van der Waals surface area contributed by atoms with E-state index >= 15 is 4.39 Å². The molecule has 1 aliphatic carbocycles. The molecule has 2 nitrogen and oxygen atoms in total. The monoisotopic (exact) mass is 480 g/mol. The third kappa shape index (κ3) is 4.10. The molecule has 4 rings (SSSR count). The van der Waals surface area contributed by atoms with Crippen molar-refractivity contribution < 1.29 is 35.8 Å². The Balaban J connectivity index is 1.72. The second-order valence-corrected chi connectivity index (χ2v) is 7.98. The molecule has 0 fully saturated rings. The average Bonchev–Trinajstić information content (AvgIpc) is 2.81. The molecule has 180 valence electrons. The van der Waals surface area contributed by atoms with Crippen LogP contribution < -0.4 is 9.47 Å². The van der Waals surface area contributed by atoms with E-state index in [1.807, 2.05) is 6.92 Å². The zero-order chi connectivity index (χ0) is 24.6. The van der Waals surface area contributed by atoms with E-state index in [1.54, 1.807) is 6.92 Å². The number of alkyl halides is 4. The summed E-state index contributed by atoms with van der Waals surface area (Å²) in [5.74, 6) is -3.75. The van der Waals surface area contributed by atoms with Crippen LogP contribution in [0.25, 0.3) is 11.1 Å². The van der Waals surface area contributed by atoms with E-state index in [9.17, 15) is 22.0 Å². The molecule has 0 saturated heterocycles. The van der Waals surface area contributed by atoms with E-state index in [2.05, 4.69) is 4.74 Å². The standard InChI is InChI=1S/C26H22F6O2/c1-3-5-14-6-8-15(9-7-14)26(31,32)34-19-13-11-17-16-10-12-18(33-4-2)22(27)20(16)24(29)25(30)21(17)23(19)28/h6-13,24-25H,3-5H2,1-2H3. The van der Waals surface area contributed by atoms with Crippen LogP contribution in [0.1, 0.15) is 54.9 Å². The molecule has 0 aromatic heterocycles. The topological polar surface area (TPSA) is 18.5 Å². The summed E-state index contributed by atoms with van der Waals surface area (Å²) in [4.78, 5) is 0. The lowest BCUT2D eigenvalue weighted by molar-refractivity contribution is -0.187. The highest BCUT2D eigenvalue weighted by Crippen LogP contribution is 2.52. The third-order valence-corrected chi connectivity index (χ3v) is 5.75. The fraction of sp³-hybridized carbons (Fsp3) is 0.308. The van der Waals surface area contributed by atoms with E-state index < -0.39 is 52.5 Å². The second kappa shape index (κ2) is 9.24. The van der Waals surface area contributed by atoms with Crippen molar-refractivity contribution in [3.8, 4) is 22.6 Å². The third-order valence-electron chi connectivity index (χ3n) is 5.75. The van der Waals surface area contributed by atoms with Crippen LogP contribution in [-0.4, -0.2) is 6.61 Å². The number of aryl methyl sites for hydroxylation is 1. The maximum atomic E-state index is 15.2. The Morgan fingerprint density at radius 2 is 1.29 bits per heavy atom. The van der Waals surface area contributed by atoms with Gasteiger partial charge in [0.15, 0.2) is 35.5 Å². The van der Waals surface area contributed by atoms with Gasteiger partial charge in [-0.25, -0.2) is 17.6 Å². The molecule has 0 radical (unpaired) electrons. The first kappa shape index (κ1) is 24.0. The lowest BCUT2D eigenvalue weighted by atomic mass is 9.82. The summed E-state index contributed by atoms with van der Waals surface area (Å²) in [6, 6.07) is 9.91. The lowest BCUT2D eigenvalue weighted by Gasteiger charge is -2.29. The Kier molecular flexibility index (Phi) is 6.51. The number of hydrogen-bond acceptors (Lipinski definition) is 2. The van der Waals surface area contributed by atoms with Gasteiger partial charge in [-0.3, -0.25) is 0 Å². The number of rotatable bonds is 7. The van der Waals surface area contributed by atoms with Crippen molar-refractivity contribution in [1.82, 2.24) is 0 Å². The fourth-order valence-corrected chi connectivity index (χ4v) is 4.14. The quantitative estimate of drug-likeness (QED) is 0.318. The molecule has 2 atom stereocenters. The van der Waals surface area contributed by atoms with Gasteiger partial charge < -0.3 is 9.47 Å². The van der Waals surface area contributed by atoms with Gasteiger partial charge in [-0.15, -0.1) is 0 Å². The highest BCUT2D eigenvalue weighted by atomic mass is 19.3. The van der Waals surface area contributed by atoms with Gasteiger partial charge >= 0.3 is 6.11 Å². The normalized spacial score (nSPS) is 17.2. The van der Waals surface area contributed by atoms with Crippen LogP contribution in [0.2, 0.25) is 0 Å². The largest absolute Gasteiger partial charge is 0.491 e. The fourth-order valence-electron chi connectivity index (χ4n) is 4.14. The first-order chi connectivity index (χ1) is 16.2. The molecule has 0 spiro atoms. The average molecular weight is 480 g/mol. The molecule has 0 bridgehead atoms. The smallest absolute Gasteiger partial charge is 0.426 e. The van der Waals surface area contributed by atoms with E-state index in [4.69, 9.17) is 4.74 Å². The number of halogens is 6. The number of benzene rings is 3. The van der Waals surface area contributed by atoms with Crippen LogP contribution in [0, 0.1) is 11.6 Å². The van der Waals surface area contributed by atoms with Crippen LogP contribution in [-0.2, 0) is 12.5 Å². The summed E-state index contributed by atoms with van der Waals surface area (Å²) in [6.45, 7) is 3.66. The lowest BCUT2D eigenvalue weighted by Crippen LogP contribution is -2.23. The minimum Gasteiger partial charge on any atom is -0.491 e. The Morgan fingerprint density at radius 1 is 0.765 bits per heavy atom. The Labute approximate surface area is 193 Å². The van der Waals surface area contributed by atoms with Crippen LogP contribution in [0.4, 0.5) is 26.3 Å². The second-order valence-electron chi connectivity index (χ2n) is 7.98. The van der Waals surface area contributed by atoms with Crippen LogP contribution in [0.3, 0.4) is 0 Å². The summed E-state index contributed by atoms with van der Waals surface area (Å²) in [7, 11) is 0. The number of ether oxygens (including phenoxy) is 2. The predicted molar refractivity (Wildman–Crippen MR) is 116 cm³/mol. The molecule has 8 heteroatoms. The van der Waals surface area contributed by atoms with Crippen LogP contribution >= 0.6 is 0 Å². The molecule has 34 heavy (non-hydrogen) atoms. The molecule has 0 heterocycles. The van der Waals surface area contributed by atoms with Crippen molar-refractivity contribution in [3.05, 3.63) is 82.4 Å². The van der Waals surface area contributed by atoms with Gasteiger partial charge in [0.2, 0.25) is 0 Å². The first-order valence-corrected chi connectivity index (χ1v) is 10.9. The molecular formula is C26H22F6O2. The van der Waals surface area contributed by atoms with Gasteiger partial charge in [0, 0.05) is 11.1 Å². The first-order valence-electron chi connectivity index (χ1n) is 10.9. The predicted octanol–water partition coefficient (Wildman–Crippen LogP) is 8.15.